The van der Waals surface area contributed by atoms with Crippen molar-refractivity contribution in [3.8, 4) is 5.69 Å². The number of para-hydroxylation sites is 1. The summed E-state index contributed by atoms with van der Waals surface area (Å²) in [4.78, 5) is 27.0. The maximum Gasteiger partial charge on any atom is 0.293 e. The molecule has 0 radical (unpaired) electrons. The van der Waals surface area contributed by atoms with E-state index in [-0.39, 0.29) is 17.7 Å². The van der Waals surface area contributed by atoms with Crippen LogP contribution in [0.2, 0.25) is 10.0 Å². The van der Waals surface area contributed by atoms with Crippen LogP contribution in [0.1, 0.15) is 22.5 Å². The third-order valence-electron chi connectivity index (χ3n) is 5.01. The molecule has 7 heteroatoms. The third kappa shape index (κ3) is 3.81. The quantitative estimate of drug-likeness (QED) is 0.413. The first-order valence-corrected chi connectivity index (χ1v) is 10.9. The van der Waals surface area contributed by atoms with Gasteiger partial charge in [-0.2, -0.15) is 0 Å². The first-order chi connectivity index (χ1) is 14.4. The van der Waals surface area contributed by atoms with Crippen LogP contribution in [0.3, 0.4) is 0 Å². The average molecular weight is 457 g/mol. The smallest absolute Gasteiger partial charge is 0.293 e. The monoisotopic (exact) mass is 456 g/mol. The van der Waals surface area contributed by atoms with Crippen molar-refractivity contribution in [3.05, 3.63) is 92.1 Å². The lowest BCUT2D eigenvalue weighted by atomic mass is 10.2. The Morgan fingerprint density at radius 1 is 0.967 bits per heavy atom. The number of carbonyl (C=O) groups is 2. The minimum absolute atomic E-state index is 0.153. The van der Waals surface area contributed by atoms with Gasteiger partial charge in [-0.1, -0.05) is 53.5 Å². The van der Waals surface area contributed by atoms with Crippen molar-refractivity contribution in [3.63, 3.8) is 0 Å². The third-order valence-corrected chi connectivity index (χ3v) is 6.61. The molecule has 0 spiro atoms. The molecule has 1 aromatic heterocycles. The van der Waals surface area contributed by atoms with Gasteiger partial charge in [0.05, 0.1) is 22.2 Å². The highest BCUT2D eigenvalue weighted by atomic mass is 35.5. The maximum atomic E-state index is 12.9. The number of aryl methyl sites for hydroxylation is 1. The molecular formula is C23H18Cl2N2O2S. The van der Waals surface area contributed by atoms with Crippen molar-refractivity contribution in [1.82, 2.24) is 9.47 Å². The average Bonchev–Trinajstić information content (AvgIpc) is 3.14. The van der Waals surface area contributed by atoms with Gasteiger partial charge in [-0.3, -0.25) is 14.5 Å². The highest BCUT2D eigenvalue weighted by Gasteiger charge is 2.35. The van der Waals surface area contributed by atoms with E-state index in [1.54, 1.807) is 12.1 Å². The number of aromatic nitrogens is 1. The van der Waals surface area contributed by atoms with E-state index in [0.717, 1.165) is 40.0 Å². The second-order valence-electron chi connectivity index (χ2n) is 6.97. The molecule has 2 heterocycles. The molecule has 0 unspecified atom stereocenters. The second kappa shape index (κ2) is 8.34. The predicted octanol–water partition coefficient (Wildman–Crippen LogP) is 6.64. The first-order valence-electron chi connectivity index (χ1n) is 9.29. The number of thioether (sulfide) groups is 1. The van der Waals surface area contributed by atoms with Gasteiger partial charge in [0.2, 0.25) is 0 Å². The number of halogens is 2. The molecule has 1 aliphatic rings. The zero-order valence-corrected chi connectivity index (χ0v) is 18.7. The van der Waals surface area contributed by atoms with Gasteiger partial charge < -0.3 is 4.57 Å². The summed E-state index contributed by atoms with van der Waals surface area (Å²) in [7, 11) is 0. The molecule has 0 aliphatic carbocycles. The summed E-state index contributed by atoms with van der Waals surface area (Å²) >= 11 is 13.5. The van der Waals surface area contributed by atoms with Gasteiger partial charge >= 0.3 is 0 Å². The Bertz CT molecular complexity index is 1200. The topological polar surface area (TPSA) is 42.3 Å². The van der Waals surface area contributed by atoms with Crippen molar-refractivity contribution >= 4 is 52.2 Å². The van der Waals surface area contributed by atoms with Crippen LogP contribution in [-0.4, -0.2) is 20.6 Å². The lowest BCUT2D eigenvalue weighted by Gasteiger charge is -2.13. The minimum Gasteiger partial charge on any atom is -0.316 e. The first kappa shape index (κ1) is 20.8. The summed E-state index contributed by atoms with van der Waals surface area (Å²) in [6.07, 6.45) is 1.77. The van der Waals surface area contributed by atoms with Gasteiger partial charge in [-0.05, 0) is 67.1 Å². The van der Waals surface area contributed by atoms with E-state index in [0.29, 0.717) is 15.0 Å². The van der Waals surface area contributed by atoms with E-state index in [2.05, 4.69) is 0 Å². The van der Waals surface area contributed by atoms with Crippen molar-refractivity contribution in [2.45, 2.75) is 20.4 Å². The number of benzene rings is 2. The van der Waals surface area contributed by atoms with Gasteiger partial charge in [-0.25, -0.2) is 0 Å². The summed E-state index contributed by atoms with van der Waals surface area (Å²) < 4.78 is 2.04. The van der Waals surface area contributed by atoms with Crippen LogP contribution in [0.4, 0.5) is 4.79 Å². The zero-order chi connectivity index (χ0) is 21.4. The minimum atomic E-state index is -0.313. The molecule has 1 saturated heterocycles. The molecule has 2 aromatic carbocycles. The SMILES string of the molecule is Cc1cc(/C=C2\SC(=O)N(Cc3ccccc3Cl)C2=O)c(C)n1-c1ccccc1Cl. The molecule has 152 valence electrons. The predicted molar refractivity (Wildman–Crippen MR) is 123 cm³/mol. The Hall–Kier alpha value is -2.47. The molecule has 3 aromatic rings. The van der Waals surface area contributed by atoms with Crippen LogP contribution in [0.25, 0.3) is 11.8 Å². The maximum absolute atomic E-state index is 12.9. The van der Waals surface area contributed by atoms with E-state index < -0.39 is 0 Å². The van der Waals surface area contributed by atoms with Crippen molar-refractivity contribution < 1.29 is 9.59 Å². The van der Waals surface area contributed by atoms with E-state index in [1.807, 2.05) is 66.9 Å². The molecule has 1 aliphatic heterocycles. The molecule has 1 fully saturated rings. The number of hydrogen-bond donors (Lipinski definition) is 0. The van der Waals surface area contributed by atoms with Crippen LogP contribution in [0, 0.1) is 13.8 Å². The largest absolute Gasteiger partial charge is 0.316 e. The summed E-state index contributed by atoms with van der Waals surface area (Å²) in [5.41, 5.74) is 4.41. The van der Waals surface area contributed by atoms with Crippen molar-refractivity contribution in [2.24, 2.45) is 0 Å². The molecular weight excluding hydrogens is 439 g/mol. The van der Waals surface area contributed by atoms with E-state index in [1.165, 1.54) is 4.90 Å². The van der Waals surface area contributed by atoms with E-state index in [4.69, 9.17) is 23.2 Å². The number of imide groups is 1. The van der Waals surface area contributed by atoms with Crippen LogP contribution in [0.15, 0.2) is 59.5 Å². The Kier molecular flexibility index (Phi) is 5.78. The van der Waals surface area contributed by atoms with Gasteiger partial charge in [0.1, 0.15) is 0 Å². The number of rotatable bonds is 4. The molecule has 4 rings (SSSR count). The van der Waals surface area contributed by atoms with Gasteiger partial charge in [0.25, 0.3) is 11.1 Å². The lowest BCUT2D eigenvalue weighted by molar-refractivity contribution is -0.123. The molecule has 0 saturated carbocycles. The fraction of sp³-hybridized carbons (Fsp3) is 0.130. The molecule has 30 heavy (non-hydrogen) atoms. The Balaban J connectivity index is 1.66. The van der Waals surface area contributed by atoms with Crippen LogP contribution < -0.4 is 0 Å². The number of nitrogens with zero attached hydrogens (tertiary/aromatic N) is 2. The van der Waals surface area contributed by atoms with Gasteiger partial charge in [0.15, 0.2) is 0 Å². The molecule has 0 atom stereocenters. The fourth-order valence-electron chi connectivity index (χ4n) is 3.51. The van der Waals surface area contributed by atoms with E-state index in [9.17, 15) is 9.59 Å². The molecule has 0 N–H and O–H groups in total. The standard InChI is InChI=1S/C23H18Cl2N2O2S/c1-14-11-17(15(2)27(14)20-10-6-5-9-19(20)25)12-21-22(28)26(23(29)30-21)13-16-7-3-4-8-18(16)24/h3-12H,13H2,1-2H3/b21-12-. The van der Waals surface area contributed by atoms with Crippen LogP contribution in [0.5, 0.6) is 0 Å². The highest BCUT2D eigenvalue weighted by molar-refractivity contribution is 8.18. The van der Waals surface area contributed by atoms with Crippen LogP contribution >= 0.6 is 35.0 Å². The zero-order valence-electron chi connectivity index (χ0n) is 16.4. The van der Waals surface area contributed by atoms with E-state index >= 15 is 0 Å². The summed E-state index contributed by atoms with van der Waals surface area (Å²) in [6.45, 7) is 4.10. The van der Waals surface area contributed by atoms with Crippen molar-refractivity contribution in [1.29, 1.82) is 0 Å². The lowest BCUT2D eigenvalue weighted by Crippen LogP contribution is -2.27. The molecule has 0 bridgehead atoms. The Morgan fingerprint density at radius 3 is 2.33 bits per heavy atom. The summed E-state index contributed by atoms with van der Waals surface area (Å²) in [6, 6.07) is 16.8. The fourth-order valence-corrected chi connectivity index (χ4v) is 4.76. The normalized spacial score (nSPS) is 15.5. The number of amides is 2. The molecule has 2 amide bonds. The number of hydrogen-bond acceptors (Lipinski definition) is 3. The summed E-state index contributed by atoms with van der Waals surface area (Å²) in [5.74, 6) is -0.313. The van der Waals surface area contributed by atoms with Gasteiger partial charge in [0, 0.05) is 16.4 Å². The number of carbonyl (C=O) groups excluding carboxylic acids is 2. The second-order valence-corrected chi connectivity index (χ2v) is 8.78. The highest BCUT2D eigenvalue weighted by Crippen LogP contribution is 2.35. The Morgan fingerprint density at radius 2 is 1.63 bits per heavy atom. The van der Waals surface area contributed by atoms with Gasteiger partial charge in [-0.15, -0.1) is 0 Å². The van der Waals surface area contributed by atoms with Crippen molar-refractivity contribution in [2.75, 3.05) is 0 Å². The summed E-state index contributed by atoms with van der Waals surface area (Å²) in [5, 5.41) is 0.876. The molecule has 4 nitrogen and oxygen atoms in total. The van der Waals surface area contributed by atoms with Crippen LogP contribution in [-0.2, 0) is 11.3 Å². The Labute approximate surface area is 189 Å².